The Kier molecular flexibility index (Phi) is 1.85. The van der Waals surface area contributed by atoms with Crippen LogP contribution in [0.3, 0.4) is 0 Å². The summed E-state index contributed by atoms with van der Waals surface area (Å²) in [6.45, 7) is 0. The molecule has 0 amide bonds. The average Bonchev–Trinajstić information content (AvgIpc) is 2.49. The maximum Gasteiger partial charge on any atom is 0.331 e. The van der Waals surface area contributed by atoms with E-state index in [0.717, 1.165) is 0 Å². The van der Waals surface area contributed by atoms with Gasteiger partial charge in [0, 0.05) is 0 Å². The van der Waals surface area contributed by atoms with Gasteiger partial charge >= 0.3 is 5.82 Å². The highest BCUT2D eigenvalue weighted by Crippen LogP contribution is 2.14. The predicted octanol–water partition coefficient (Wildman–Crippen LogP) is 1.16. The van der Waals surface area contributed by atoms with E-state index in [1.165, 1.54) is 36.7 Å². The minimum absolute atomic E-state index is 0.0602. The second kappa shape index (κ2) is 3.02. The van der Waals surface area contributed by atoms with Crippen molar-refractivity contribution in [1.29, 1.82) is 0 Å². The van der Waals surface area contributed by atoms with Crippen LogP contribution in [0.5, 0.6) is 0 Å². The minimum atomic E-state index is -0.387. The van der Waals surface area contributed by atoms with E-state index in [0.29, 0.717) is 15.0 Å². The molecule has 0 fully saturated rings. The molecule has 1 heterocycles. The van der Waals surface area contributed by atoms with Crippen LogP contribution in [0.15, 0.2) is 36.7 Å². The summed E-state index contributed by atoms with van der Waals surface area (Å²) in [6.07, 6.45) is 2.38. The van der Waals surface area contributed by atoms with Crippen LogP contribution in [0.2, 0.25) is 0 Å². The summed E-state index contributed by atoms with van der Waals surface area (Å²) in [5.74, 6) is -0.327. The molecule has 0 saturated carbocycles. The number of aromatic nitrogens is 2. The number of benzene rings is 1. The molecule has 1 N–H and O–H groups in total. The monoisotopic (exact) mass is 194 g/mol. The normalized spacial score (nSPS) is 10.4. The first kappa shape index (κ1) is 8.55. The summed E-state index contributed by atoms with van der Waals surface area (Å²) in [4.78, 5) is 0. The van der Waals surface area contributed by atoms with Crippen molar-refractivity contribution in [2.75, 3.05) is 0 Å². The zero-order valence-electron chi connectivity index (χ0n) is 7.09. The molecule has 0 aliphatic carbocycles. The Balaban J connectivity index is 2.54. The van der Waals surface area contributed by atoms with Gasteiger partial charge in [0.2, 0.25) is 0 Å². The van der Waals surface area contributed by atoms with Gasteiger partial charge in [0.1, 0.15) is 12.0 Å². The molecule has 72 valence electrons. The SMILES string of the molecule is [O-][n+]1ccn(O)c1-c1ccc(F)cc1. The minimum Gasteiger partial charge on any atom is -0.710 e. The molecule has 2 rings (SSSR count). The van der Waals surface area contributed by atoms with Crippen molar-refractivity contribution < 1.29 is 14.3 Å². The second-order valence-corrected chi connectivity index (χ2v) is 2.80. The first-order valence-electron chi connectivity index (χ1n) is 3.94. The van der Waals surface area contributed by atoms with E-state index in [4.69, 9.17) is 0 Å². The van der Waals surface area contributed by atoms with E-state index in [1.807, 2.05) is 0 Å². The van der Waals surface area contributed by atoms with E-state index >= 15 is 0 Å². The number of halogens is 1. The summed E-state index contributed by atoms with van der Waals surface area (Å²) in [5, 5.41) is 20.4. The highest BCUT2D eigenvalue weighted by atomic mass is 19.1. The first-order chi connectivity index (χ1) is 6.68. The summed E-state index contributed by atoms with van der Waals surface area (Å²) >= 11 is 0. The van der Waals surface area contributed by atoms with Gasteiger partial charge in [-0.15, -0.1) is 0 Å². The molecule has 0 saturated heterocycles. The van der Waals surface area contributed by atoms with Crippen molar-refractivity contribution in [1.82, 2.24) is 4.73 Å². The van der Waals surface area contributed by atoms with E-state index in [9.17, 15) is 14.8 Å². The lowest BCUT2D eigenvalue weighted by Gasteiger charge is -2.01. The third kappa shape index (κ3) is 1.28. The summed E-state index contributed by atoms with van der Waals surface area (Å²) in [6, 6.07) is 5.29. The smallest absolute Gasteiger partial charge is 0.331 e. The zero-order valence-corrected chi connectivity index (χ0v) is 7.09. The Morgan fingerprint density at radius 2 is 1.93 bits per heavy atom. The fraction of sp³-hybridized carbons (Fsp3) is 0. The zero-order chi connectivity index (χ0) is 10.1. The lowest BCUT2D eigenvalue weighted by molar-refractivity contribution is -0.594. The Labute approximate surface area is 79.0 Å². The summed E-state index contributed by atoms with van der Waals surface area (Å²) in [5.41, 5.74) is 0.453. The molecule has 0 spiro atoms. The summed E-state index contributed by atoms with van der Waals surface area (Å²) in [7, 11) is 0. The van der Waals surface area contributed by atoms with Crippen LogP contribution in [-0.4, -0.2) is 9.94 Å². The van der Waals surface area contributed by atoms with Gasteiger partial charge in [-0.2, -0.15) is 0 Å². The maximum absolute atomic E-state index is 12.6. The van der Waals surface area contributed by atoms with Crippen molar-refractivity contribution in [3.05, 3.63) is 47.7 Å². The van der Waals surface area contributed by atoms with Crippen LogP contribution in [0.4, 0.5) is 4.39 Å². The van der Waals surface area contributed by atoms with Gasteiger partial charge < -0.3 is 10.4 Å². The van der Waals surface area contributed by atoms with Gasteiger partial charge in [-0.05, 0) is 29.0 Å². The third-order valence-corrected chi connectivity index (χ3v) is 1.87. The average molecular weight is 194 g/mol. The van der Waals surface area contributed by atoms with E-state index in [1.54, 1.807) is 0 Å². The number of hydrogen-bond acceptors (Lipinski definition) is 2. The molecular formula is C9H7FN2O2. The molecular weight excluding hydrogens is 187 g/mol. The van der Waals surface area contributed by atoms with E-state index in [2.05, 4.69) is 0 Å². The molecule has 0 unspecified atom stereocenters. The van der Waals surface area contributed by atoms with E-state index in [-0.39, 0.29) is 11.6 Å². The number of imidazole rings is 1. The second-order valence-electron chi connectivity index (χ2n) is 2.80. The topological polar surface area (TPSA) is 52.1 Å². The Bertz CT molecular complexity index is 431. The van der Waals surface area contributed by atoms with Crippen LogP contribution < -0.4 is 4.73 Å². The van der Waals surface area contributed by atoms with Gasteiger partial charge in [0.15, 0.2) is 6.20 Å². The lowest BCUT2D eigenvalue weighted by atomic mass is 10.2. The Hall–Kier alpha value is -2.04. The molecule has 0 bridgehead atoms. The standard InChI is InChI=1S/C9H7FN2O2/c10-8-3-1-7(2-4-8)9-11(13)5-6-12(9)14/h1-6,13H. The van der Waals surface area contributed by atoms with Crippen molar-refractivity contribution in [2.24, 2.45) is 0 Å². The molecule has 0 atom stereocenters. The molecule has 1 aromatic heterocycles. The quantitative estimate of drug-likeness (QED) is 0.421. The number of rotatable bonds is 1. The predicted molar refractivity (Wildman–Crippen MR) is 46.0 cm³/mol. The van der Waals surface area contributed by atoms with E-state index < -0.39 is 0 Å². The van der Waals surface area contributed by atoms with Crippen LogP contribution in [0, 0.1) is 11.0 Å². The van der Waals surface area contributed by atoms with Gasteiger partial charge in [0.05, 0.1) is 5.56 Å². The molecule has 2 aromatic rings. The maximum atomic E-state index is 12.6. The number of hydrogen-bond donors (Lipinski definition) is 1. The van der Waals surface area contributed by atoms with Gasteiger partial charge in [-0.3, -0.25) is 0 Å². The lowest BCUT2D eigenvalue weighted by Crippen LogP contribution is -2.26. The van der Waals surface area contributed by atoms with Crippen molar-refractivity contribution in [3.8, 4) is 11.4 Å². The first-order valence-corrected chi connectivity index (χ1v) is 3.94. The van der Waals surface area contributed by atoms with Gasteiger partial charge in [0.25, 0.3) is 0 Å². The highest BCUT2D eigenvalue weighted by Gasteiger charge is 2.14. The summed E-state index contributed by atoms with van der Waals surface area (Å²) < 4.78 is 13.8. The fourth-order valence-corrected chi connectivity index (χ4v) is 1.22. The van der Waals surface area contributed by atoms with Crippen LogP contribution in [-0.2, 0) is 0 Å². The van der Waals surface area contributed by atoms with Crippen LogP contribution >= 0.6 is 0 Å². The molecule has 5 heteroatoms. The van der Waals surface area contributed by atoms with Crippen molar-refractivity contribution in [3.63, 3.8) is 0 Å². The highest BCUT2D eigenvalue weighted by molar-refractivity contribution is 5.51. The van der Waals surface area contributed by atoms with Crippen molar-refractivity contribution in [2.45, 2.75) is 0 Å². The molecule has 4 nitrogen and oxygen atoms in total. The fourth-order valence-electron chi connectivity index (χ4n) is 1.22. The Morgan fingerprint density at radius 3 is 2.43 bits per heavy atom. The number of nitrogens with zero attached hydrogens (tertiary/aromatic N) is 2. The van der Waals surface area contributed by atoms with Crippen LogP contribution in [0.1, 0.15) is 0 Å². The molecule has 14 heavy (non-hydrogen) atoms. The van der Waals surface area contributed by atoms with Crippen LogP contribution in [0.25, 0.3) is 11.4 Å². The van der Waals surface area contributed by atoms with Crippen molar-refractivity contribution >= 4 is 0 Å². The largest absolute Gasteiger partial charge is 0.710 e. The molecule has 0 aliphatic rings. The Morgan fingerprint density at radius 1 is 1.29 bits per heavy atom. The molecule has 0 radical (unpaired) electrons. The molecule has 1 aromatic carbocycles. The third-order valence-electron chi connectivity index (χ3n) is 1.87. The van der Waals surface area contributed by atoms with Gasteiger partial charge in [-0.1, -0.05) is 0 Å². The van der Waals surface area contributed by atoms with Gasteiger partial charge in [-0.25, -0.2) is 9.12 Å². The molecule has 0 aliphatic heterocycles.